The van der Waals surface area contributed by atoms with E-state index in [4.69, 9.17) is 5.73 Å². The predicted octanol–water partition coefficient (Wildman–Crippen LogP) is 2.69. The lowest BCUT2D eigenvalue weighted by Gasteiger charge is -2.07. The standard InChI is InChI=1S/C14H17BrN4O/c1-3-11-12(9-4-6-10(15)7-5-9)18-19-13(11)17-14(20)8(2)16/h4-8H,3,16H2,1-2H3,(H2,17,18,19,20)/t8-/m0/s1. The highest BCUT2D eigenvalue weighted by molar-refractivity contribution is 9.10. The van der Waals surface area contributed by atoms with Crippen LogP contribution >= 0.6 is 15.9 Å². The zero-order valence-electron chi connectivity index (χ0n) is 11.4. The van der Waals surface area contributed by atoms with Crippen molar-refractivity contribution in [2.45, 2.75) is 26.3 Å². The van der Waals surface area contributed by atoms with Crippen LogP contribution in [-0.4, -0.2) is 22.1 Å². The van der Waals surface area contributed by atoms with E-state index in [1.807, 2.05) is 31.2 Å². The van der Waals surface area contributed by atoms with Crippen LogP contribution in [0.3, 0.4) is 0 Å². The van der Waals surface area contributed by atoms with Gasteiger partial charge < -0.3 is 11.1 Å². The number of amides is 1. The fourth-order valence-corrected chi connectivity index (χ4v) is 2.16. The average molecular weight is 337 g/mol. The van der Waals surface area contributed by atoms with Crippen LogP contribution in [-0.2, 0) is 11.2 Å². The largest absolute Gasteiger partial charge is 0.320 e. The molecule has 1 atom stereocenters. The third-order valence-electron chi connectivity index (χ3n) is 3.01. The van der Waals surface area contributed by atoms with E-state index in [1.54, 1.807) is 6.92 Å². The molecule has 0 saturated carbocycles. The number of benzene rings is 1. The van der Waals surface area contributed by atoms with Crippen LogP contribution in [0.1, 0.15) is 19.4 Å². The Morgan fingerprint density at radius 1 is 1.45 bits per heavy atom. The molecule has 0 aliphatic rings. The number of carbonyl (C=O) groups excluding carboxylic acids is 1. The maximum Gasteiger partial charge on any atom is 0.242 e. The smallest absolute Gasteiger partial charge is 0.242 e. The lowest BCUT2D eigenvalue weighted by Crippen LogP contribution is -2.32. The van der Waals surface area contributed by atoms with Crippen molar-refractivity contribution in [1.82, 2.24) is 10.2 Å². The molecule has 2 rings (SSSR count). The summed E-state index contributed by atoms with van der Waals surface area (Å²) in [5, 5.41) is 9.92. The molecule has 5 nitrogen and oxygen atoms in total. The van der Waals surface area contributed by atoms with Gasteiger partial charge in [0.15, 0.2) is 5.82 Å². The van der Waals surface area contributed by atoms with E-state index >= 15 is 0 Å². The monoisotopic (exact) mass is 336 g/mol. The van der Waals surface area contributed by atoms with Crippen molar-refractivity contribution in [1.29, 1.82) is 0 Å². The summed E-state index contributed by atoms with van der Waals surface area (Å²) in [6.07, 6.45) is 0.760. The van der Waals surface area contributed by atoms with Gasteiger partial charge >= 0.3 is 0 Å². The summed E-state index contributed by atoms with van der Waals surface area (Å²) < 4.78 is 1.02. The number of anilines is 1. The molecule has 1 aromatic carbocycles. The first-order valence-corrected chi connectivity index (χ1v) is 7.21. The molecule has 1 amide bonds. The van der Waals surface area contributed by atoms with Crippen molar-refractivity contribution in [3.05, 3.63) is 34.3 Å². The number of nitrogens with two attached hydrogens (primary N) is 1. The maximum atomic E-state index is 11.7. The summed E-state index contributed by atoms with van der Waals surface area (Å²) in [4.78, 5) is 11.7. The second kappa shape index (κ2) is 6.19. The highest BCUT2D eigenvalue weighted by Gasteiger charge is 2.16. The SMILES string of the molecule is CCc1c(NC(=O)[C@H](C)N)n[nH]c1-c1ccc(Br)cc1. The summed E-state index contributed by atoms with van der Waals surface area (Å²) >= 11 is 3.41. The van der Waals surface area contributed by atoms with Gasteiger partial charge in [-0.3, -0.25) is 9.89 Å². The normalized spacial score (nSPS) is 12.2. The number of carbonyl (C=O) groups is 1. The van der Waals surface area contributed by atoms with Crippen LogP contribution < -0.4 is 11.1 Å². The van der Waals surface area contributed by atoms with Gasteiger partial charge in [-0.1, -0.05) is 35.0 Å². The highest BCUT2D eigenvalue weighted by Crippen LogP contribution is 2.28. The lowest BCUT2D eigenvalue weighted by molar-refractivity contribution is -0.117. The summed E-state index contributed by atoms with van der Waals surface area (Å²) in [6.45, 7) is 3.66. The van der Waals surface area contributed by atoms with Crippen LogP contribution in [0.4, 0.5) is 5.82 Å². The maximum absolute atomic E-state index is 11.7. The van der Waals surface area contributed by atoms with Crippen LogP contribution in [0.25, 0.3) is 11.3 Å². The number of hydrogen-bond donors (Lipinski definition) is 3. The van der Waals surface area contributed by atoms with Crippen molar-refractivity contribution < 1.29 is 4.79 Å². The van der Waals surface area contributed by atoms with Gasteiger partial charge in [-0.05, 0) is 31.0 Å². The van der Waals surface area contributed by atoms with Crippen LogP contribution in [0.2, 0.25) is 0 Å². The Hall–Kier alpha value is -1.66. The van der Waals surface area contributed by atoms with E-state index < -0.39 is 6.04 Å². The van der Waals surface area contributed by atoms with Gasteiger partial charge in [0.25, 0.3) is 0 Å². The molecule has 2 aromatic rings. The molecule has 20 heavy (non-hydrogen) atoms. The van der Waals surface area contributed by atoms with Crippen LogP contribution in [0, 0.1) is 0 Å². The second-order valence-corrected chi connectivity index (χ2v) is 5.48. The molecule has 1 aromatic heterocycles. The fraction of sp³-hybridized carbons (Fsp3) is 0.286. The van der Waals surface area contributed by atoms with E-state index in [0.29, 0.717) is 5.82 Å². The number of nitrogens with zero attached hydrogens (tertiary/aromatic N) is 1. The summed E-state index contributed by atoms with van der Waals surface area (Å²) in [5.74, 6) is 0.307. The van der Waals surface area contributed by atoms with Crippen LogP contribution in [0.5, 0.6) is 0 Å². The molecule has 0 radical (unpaired) electrons. The number of rotatable bonds is 4. The van der Waals surface area contributed by atoms with Crippen LogP contribution in [0.15, 0.2) is 28.7 Å². The summed E-state index contributed by atoms with van der Waals surface area (Å²) in [6, 6.07) is 7.36. The van der Waals surface area contributed by atoms with E-state index in [2.05, 4.69) is 31.4 Å². The van der Waals surface area contributed by atoms with Gasteiger partial charge in [0.2, 0.25) is 5.91 Å². The molecule has 106 valence electrons. The Kier molecular flexibility index (Phi) is 4.57. The Labute approximate surface area is 126 Å². The molecule has 1 heterocycles. The van der Waals surface area contributed by atoms with Gasteiger partial charge in [0.05, 0.1) is 11.7 Å². The number of halogens is 1. The Morgan fingerprint density at radius 3 is 2.65 bits per heavy atom. The zero-order valence-corrected chi connectivity index (χ0v) is 13.0. The summed E-state index contributed by atoms with van der Waals surface area (Å²) in [5.41, 5.74) is 8.47. The van der Waals surface area contributed by atoms with Gasteiger partial charge in [0.1, 0.15) is 0 Å². The zero-order chi connectivity index (χ0) is 14.7. The third-order valence-corrected chi connectivity index (χ3v) is 3.54. The number of aromatic amines is 1. The minimum Gasteiger partial charge on any atom is -0.320 e. The molecule has 0 spiro atoms. The number of H-pyrrole nitrogens is 1. The molecule has 6 heteroatoms. The molecule has 0 bridgehead atoms. The number of nitrogens with one attached hydrogen (secondary N) is 2. The molecule has 4 N–H and O–H groups in total. The predicted molar refractivity (Wildman–Crippen MR) is 83.4 cm³/mol. The van der Waals surface area contributed by atoms with Crippen molar-refractivity contribution in [2.75, 3.05) is 5.32 Å². The van der Waals surface area contributed by atoms with E-state index in [0.717, 1.165) is 27.7 Å². The molecule has 0 unspecified atom stereocenters. The Morgan fingerprint density at radius 2 is 2.10 bits per heavy atom. The molecule has 0 fully saturated rings. The quantitative estimate of drug-likeness (QED) is 0.802. The number of aromatic nitrogens is 2. The molecular formula is C14H17BrN4O. The van der Waals surface area contributed by atoms with Crippen molar-refractivity contribution in [3.63, 3.8) is 0 Å². The first kappa shape index (κ1) is 14.7. The van der Waals surface area contributed by atoms with E-state index in [-0.39, 0.29) is 5.91 Å². The average Bonchev–Trinajstić information content (AvgIpc) is 2.82. The Balaban J connectivity index is 2.34. The van der Waals surface area contributed by atoms with Crippen molar-refractivity contribution in [2.24, 2.45) is 5.73 Å². The number of hydrogen-bond acceptors (Lipinski definition) is 3. The second-order valence-electron chi connectivity index (χ2n) is 4.56. The first-order valence-electron chi connectivity index (χ1n) is 6.42. The van der Waals surface area contributed by atoms with E-state index in [1.165, 1.54) is 0 Å². The molecular weight excluding hydrogens is 320 g/mol. The van der Waals surface area contributed by atoms with Gasteiger partial charge in [0, 0.05) is 10.0 Å². The van der Waals surface area contributed by atoms with Crippen molar-refractivity contribution in [3.8, 4) is 11.3 Å². The Bertz CT molecular complexity index is 604. The minimum absolute atomic E-state index is 0.242. The lowest BCUT2D eigenvalue weighted by atomic mass is 10.1. The first-order chi connectivity index (χ1) is 9.52. The van der Waals surface area contributed by atoms with Gasteiger partial charge in [-0.2, -0.15) is 5.10 Å². The van der Waals surface area contributed by atoms with E-state index in [9.17, 15) is 4.79 Å². The van der Waals surface area contributed by atoms with Gasteiger partial charge in [-0.25, -0.2) is 0 Å². The minimum atomic E-state index is -0.562. The van der Waals surface area contributed by atoms with Gasteiger partial charge in [-0.15, -0.1) is 0 Å². The molecule has 0 aliphatic carbocycles. The highest BCUT2D eigenvalue weighted by atomic mass is 79.9. The third kappa shape index (κ3) is 3.08. The fourth-order valence-electron chi connectivity index (χ4n) is 1.90. The summed E-state index contributed by atoms with van der Waals surface area (Å²) in [7, 11) is 0. The molecule has 0 aliphatic heterocycles. The topological polar surface area (TPSA) is 83.8 Å². The van der Waals surface area contributed by atoms with Crippen molar-refractivity contribution >= 4 is 27.7 Å². The molecule has 0 saturated heterocycles.